The second-order valence-electron chi connectivity index (χ2n) is 4.75. The molecule has 0 spiro atoms. The predicted octanol–water partition coefficient (Wildman–Crippen LogP) is 2.27. The largest absolute Gasteiger partial charge is 0.481 e. The van der Waals surface area contributed by atoms with Gasteiger partial charge in [0.05, 0.1) is 13.7 Å². The van der Waals surface area contributed by atoms with Crippen molar-refractivity contribution in [3.05, 3.63) is 48.4 Å². The van der Waals surface area contributed by atoms with Gasteiger partial charge in [-0.2, -0.15) is 0 Å². The molecule has 0 aromatic carbocycles. The summed E-state index contributed by atoms with van der Waals surface area (Å²) < 4.78 is 7.25. The summed E-state index contributed by atoms with van der Waals surface area (Å²) in [4.78, 5) is 8.67. The highest BCUT2D eigenvalue weighted by atomic mass is 127. The normalized spacial score (nSPS) is 10.8. The van der Waals surface area contributed by atoms with Crippen molar-refractivity contribution in [2.24, 2.45) is 4.99 Å². The van der Waals surface area contributed by atoms with Gasteiger partial charge in [-0.15, -0.1) is 24.0 Å². The lowest BCUT2D eigenvalue weighted by Crippen LogP contribution is -2.38. The molecule has 7 heteroatoms. The summed E-state index contributed by atoms with van der Waals surface area (Å²) in [6.45, 7) is 5.19. The lowest BCUT2D eigenvalue weighted by Gasteiger charge is -2.11. The SMILES string of the molecule is CCNC(=NCc1ccnc(OC)c1)NCCn1cccc1.I. The summed E-state index contributed by atoms with van der Waals surface area (Å²) >= 11 is 0. The molecule has 2 heterocycles. The van der Waals surface area contributed by atoms with Gasteiger partial charge in [0.15, 0.2) is 5.96 Å². The fraction of sp³-hybridized carbons (Fsp3) is 0.375. The van der Waals surface area contributed by atoms with E-state index in [-0.39, 0.29) is 24.0 Å². The number of hydrogen-bond donors (Lipinski definition) is 2. The molecule has 2 N–H and O–H groups in total. The molecule has 23 heavy (non-hydrogen) atoms. The molecular formula is C16H24IN5O. The molecule has 6 nitrogen and oxygen atoms in total. The van der Waals surface area contributed by atoms with E-state index in [0.29, 0.717) is 12.4 Å². The summed E-state index contributed by atoms with van der Waals surface area (Å²) in [5, 5.41) is 6.57. The number of methoxy groups -OCH3 is 1. The number of ether oxygens (including phenoxy) is 1. The Hall–Kier alpha value is -1.77. The van der Waals surface area contributed by atoms with Gasteiger partial charge in [0.2, 0.25) is 5.88 Å². The Balaban J connectivity index is 0.00000264. The van der Waals surface area contributed by atoms with Crippen LogP contribution < -0.4 is 15.4 Å². The number of guanidine groups is 1. The molecule has 0 unspecified atom stereocenters. The second-order valence-corrected chi connectivity index (χ2v) is 4.75. The minimum absolute atomic E-state index is 0. The van der Waals surface area contributed by atoms with Crippen LogP contribution >= 0.6 is 24.0 Å². The van der Waals surface area contributed by atoms with Gasteiger partial charge in [-0.3, -0.25) is 0 Å². The van der Waals surface area contributed by atoms with Gasteiger partial charge >= 0.3 is 0 Å². The monoisotopic (exact) mass is 429 g/mol. The minimum atomic E-state index is 0. The Morgan fingerprint density at radius 3 is 2.78 bits per heavy atom. The van der Waals surface area contributed by atoms with Gasteiger partial charge in [0.1, 0.15) is 0 Å². The highest BCUT2D eigenvalue weighted by Gasteiger charge is 1.99. The van der Waals surface area contributed by atoms with E-state index >= 15 is 0 Å². The third-order valence-electron chi connectivity index (χ3n) is 3.10. The van der Waals surface area contributed by atoms with Gasteiger partial charge in [-0.25, -0.2) is 9.98 Å². The third kappa shape index (κ3) is 6.89. The third-order valence-corrected chi connectivity index (χ3v) is 3.10. The van der Waals surface area contributed by atoms with Crippen molar-refractivity contribution in [3.8, 4) is 5.88 Å². The highest BCUT2D eigenvalue weighted by molar-refractivity contribution is 14.0. The van der Waals surface area contributed by atoms with Crippen molar-refractivity contribution in [2.75, 3.05) is 20.2 Å². The number of rotatable bonds is 7. The highest BCUT2D eigenvalue weighted by Crippen LogP contribution is 2.09. The van der Waals surface area contributed by atoms with Crippen molar-refractivity contribution in [2.45, 2.75) is 20.0 Å². The van der Waals surface area contributed by atoms with Gasteiger partial charge < -0.3 is 19.9 Å². The molecule has 2 aromatic rings. The maximum absolute atomic E-state index is 5.12. The summed E-state index contributed by atoms with van der Waals surface area (Å²) in [6.07, 6.45) is 5.83. The Labute approximate surface area is 154 Å². The standard InChI is InChI=1S/C16H23N5O.HI/c1-3-17-16(19-8-11-21-9-4-5-10-21)20-13-14-6-7-18-15(12-14)22-2;/h4-7,9-10,12H,3,8,11,13H2,1-2H3,(H2,17,19,20);1H. The van der Waals surface area contributed by atoms with Crippen LogP contribution in [0.5, 0.6) is 5.88 Å². The van der Waals surface area contributed by atoms with Crippen LogP contribution in [0.2, 0.25) is 0 Å². The lowest BCUT2D eigenvalue weighted by atomic mass is 10.3. The maximum Gasteiger partial charge on any atom is 0.213 e. The van der Waals surface area contributed by atoms with Gasteiger partial charge in [-0.05, 0) is 30.7 Å². The predicted molar refractivity (Wildman–Crippen MR) is 103 cm³/mol. The van der Waals surface area contributed by atoms with E-state index < -0.39 is 0 Å². The average Bonchev–Trinajstić information content (AvgIpc) is 3.06. The van der Waals surface area contributed by atoms with E-state index in [1.165, 1.54) is 0 Å². The first kappa shape index (κ1) is 19.3. The van der Waals surface area contributed by atoms with Crippen molar-refractivity contribution in [1.29, 1.82) is 0 Å². The van der Waals surface area contributed by atoms with Crippen LogP contribution in [0.15, 0.2) is 47.8 Å². The molecule has 0 aliphatic heterocycles. The number of aromatic nitrogens is 2. The van der Waals surface area contributed by atoms with Crippen molar-refractivity contribution in [1.82, 2.24) is 20.2 Å². The summed E-state index contributed by atoms with van der Waals surface area (Å²) in [6, 6.07) is 7.88. The average molecular weight is 429 g/mol. The molecule has 0 atom stereocenters. The van der Waals surface area contributed by atoms with Crippen LogP contribution in [0.25, 0.3) is 0 Å². The van der Waals surface area contributed by atoms with Gasteiger partial charge in [0, 0.05) is 44.3 Å². The molecule has 0 aliphatic carbocycles. The number of nitrogens with zero attached hydrogens (tertiary/aromatic N) is 3. The van der Waals surface area contributed by atoms with Crippen LogP contribution in [0.1, 0.15) is 12.5 Å². The minimum Gasteiger partial charge on any atom is -0.481 e. The van der Waals surface area contributed by atoms with Crippen molar-refractivity contribution < 1.29 is 4.74 Å². The summed E-state index contributed by atoms with van der Waals surface area (Å²) in [5.41, 5.74) is 1.06. The van der Waals surface area contributed by atoms with E-state index in [4.69, 9.17) is 4.74 Å². The topological polar surface area (TPSA) is 63.5 Å². The molecule has 0 amide bonds. The first-order valence-electron chi connectivity index (χ1n) is 7.43. The van der Waals surface area contributed by atoms with Gasteiger partial charge in [-0.1, -0.05) is 0 Å². The van der Waals surface area contributed by atoms with Crippen molar-refractivity contribution >= 4 is 29.9 Å². The zero-order chi connectivity index (χ0) is 15.6. The second kappa shape index (κ2) is 10.9. The van der Waals surface area contributed by atoms with Crippen LogP contribution in [0, 0.1) is 0 Å². The molecule has 126 valence electrons. The Morgan fingerprint density at radius 1 is 1.30 bits per heavy atom. The van der Waals surface area contributed by atoms with Crippen molar-refractivity contribution in [3.63, 3.8) is 0 Å². The van der Waals surface area contributed by atoms with E-state index in [9.17, 15) is 0 Å². The maximum atomic E-state index is 5.12. The molecular weight excluding hydrogens is 405 g/mol. The van der Waals surface area contributed by atoms with E-state index in [2.05, 4.69) is 44.5 Å². The zero-order valence-corrected chi connectivity index (χ0v) is 15.9. The fourth-order valence-corrected chi connectivity index (χ4v) is 2.00. The summed E-state index contributed by atoms with van der Waals surface area (Å²) in [7, 11) is 1.61. The number of halogens is 1. The molecule has 0 bridgehead atoms. The molecule has 0 fully saturated rings. The Kier molecular flexibility index (Phi) is 9.11. The number of pyridine rings is 1. The molecule has 0 saturated carbocycles. The Morgan fingerprint density at radius 2 is 2.09 bits per heavy atom. The van der Waals surface area contributed by atoms with E-state index in [1.54, 1.807) is 13.3 Å². The van der Waals surface area contributed by atoms with E-state index in [0.717, 1.165) is 31.2 Å². The lowest BCUT2D eigenvalue weighted by molar-refractivity contribution is 0.397. The smallest absolute Gasteiger partial charge is 0.213 e. The molecule has 2 rings (SSSR count). The molecule has 2 aromatic heterocycles. The number of nitrogens with one attached hydrogen (secondary N) is 2. The van der Waals surface area contributed by atoms with E-state index in [1.807, 2.05) is 24.3 Å². The number of hydrogen-bond acceptors (Lipinski definition) is 3. The number of aliphatic imine (C=N–C) groups is 1. The van der Waals surface area contributed by atoms with Crippen LogP contribution in [0.4, 0.5) is 0 Å². The van der Waals surface area contributed by atoms with Crippen LogP contribution in [0.3, 0.4) is 0 Å². The first-order chi connectivity index (χ1) is 10.8. The summed E-state index contributed by atoms with van der Waals surface area (Å²) in [5.74, 6) is 1.42. The molecule has 0 radical (unpaired) electrons. The molecule has 0 aliphatic rings. The van der Waals surface area contributed by atoms with Crippen LogP contribution in [-0.2, 0) is 13.1 Å². The quantitative estimate of drug-likeness (QED) is 0.403. The van der Waals surface area contributed by atoms with Crippen LogP contribution in [-0.4, -0.2) is 35.7 Å². The fourth-order valence-electron chi connectivity index (χ4n) is 2.00. The Bertz CT molecular complexity index is 586. The van der Waals surface area contributed by atoms with Gasteiger partial charge in [0.25, 0.3) is 0 Å². The first-order valence-corrected chi connectivity index (χ1v) is 7.43. The molecule has 0 saturated heterocycles. The zero-order valence-electron chi connectivity index (χ0n) is 13.5.